The van der Waals surface area contributed by atoms with Gasteiger partial charge in [0.25, 0.3) is 5.91 Å². The Labute approximate surface area is 270 Å². The lowest BCUT2D eigenvalue weighted by Gasteiger charge is -2.36. The van der Waals surface area contributed by atoms with Crippen LogP contribution in [0.4, 0.5) is 0 Å². The highest BCUT2D eigenvalue weighted by Gasteiger charge is 2.65. The Morgan fingerprint density at radius 1 is 0.830 bits per heavy atom. The van der Waals surface area contributed by atoms with Crippen molar-refractivity contribution in [2.75, 3.05) is 13.2 Å². The van der Waals surface area contributed by atoms with E-state index in [2.05, 4.69) is 0 Å². The molecule has 3 N–H and O–H groups in total. The van der Waals surface area contributed by atoms with Gasteiger partial charge in [-0.05, 0) is 62.1 Å². The number of aliphatic carboxylic acids is 3. The van der Waals surface area contributed by atoms with Gasteiger partial charge in [-0.15, -0.1) is 0 Å². The molecule has 1 fully saturated rings. The van der Waals surface area contributed by atoms with Gasteiger partial charge in [0.2, 0.25) is 0 Å². The Morgan fingerprint density at radius 2 is 1.40 bits per heavy atom. The zero-order valence-corrected chi connectivity index (χ0v) is 25.7. The topological polar surface area (TPSA) is 186 Å². The molecule has 13 nitrogen and oxygen atoms in total. The number of benzene rings is 3. The number of carboxylic acid groups (broad SMARTS) is 3. The van der Waals surface area contributed by atoms with E-state index in [0.717, 1.165) is 16.0 Å². The van der Waals surface area contributed by atoms with Crippen LogP contribution in [0.25, 0.3) is 0 Å². The standard InChI is InChI=1S/C34H35NO12/c1-3-44-33(43)34(32(41)42)46-28(29(47-34)31(39)40)30(38)35(20-27(36)37)21(2)26(19-14-22-10-6-4-7-11-22)23-15-17-25(18-16-23)45-24-12-8-5-9-13-24/h4-13,15-18,21,26,28-29H,3,14,19-20H2,1-2H3,(H,36,37)(H,39,40)(H,41,42). The molecule has 1 saturated heterocycles. The largest absolute Gasteiger partial charge is 0.480 e. The molecular weight excluding hydrogens is 614 g/mol. The lowest BCUT2D eigenvalue weighted by atomic mass is 9.85. The average Bonchev–Trinajstić information content (AvgIpc) is 3.48. The van der Waals surface area contributed by atoms with E-state index in [-0.39, 0.29) is 6.61 Å². The summed E-state index contributed by atoms with van der Waals surface area (Å²) in [6.45, 7) is 1.80. The number of aryl methyl sites for hydroxylation is 1. The van der Waals surface area contributed by atoms with Crippen LogP contribution in [0.1, 0.15) is 37.3 Å². The second-order valence-electron chi connectivity index (χ2n) is 10.8. The number of esters is 1. The minimum atomic E-state index is -3.25. The highest BCUT2D eigenvalue weighted by Crippen LogP contribution is 2.35. The summed E-state index contributed by atoms with van der Waals surface area (Å²) in [7, 11) is 0. The summed E-state index contributed by atoms with van der Waals surface area (Å²) >= 11 is 0. The summed E-state index contributed by atoms with van der Waals surface area (Å²) in [6, 6.07) is 24.8. The quantitative estimate of drug-likeness (QED) is 0.160. The first-order chi connectivity index (χ1) is 22.5. The molecule has 1 heterocycles. The molecule has 5 unspecified atom stereocenters. The predicted octanol–water partition coefficient (Wildman–Crippen LogP) is 3.71. The Morgan fingerprint density at radius 3 is 1.96 bits per heavy atom. The molecule has 4 rings (SSSR count). The van der Waals surface area contributed by atoms with Gasteiger partial charge in [-0.3, -0.25) is 9.59 Å². The monoisotopic (exact) mass is 649 g/mol. The van der Waals surface area contributed by atoms with Crippen LogP contribution in [0.3, 0.4) is 0 Å². The summed E-state index contributed by atoms with van der Waals surface area (Å²) in [5.41, 5.74) is 1.71. The Kier molecular flexibility index (Phi) is 11.3. The average molecular weight is 650 g/mol. The fourth-order valence-corrected chi connectivity index (χ4v) is 5.39. The second kappa shape index (κ2) is 15.3. The smallest absolute Gasteiger partial charge is 0.379 e. The number of nitrogens with zero attached hydrogens (tertiary/aromatic N) is 1. The summed E-state index contributed by atoms with van der Waals surface area (Å²) in [5, 5.41) is 29.5. The maximum absolute atomic E-state index is 14.0. The van der Waals surface area contributed by atoms with E-state index in [4.69, 9.17) is 18.9 Å². The van der Waals surface area contributed by atoms with Crippen LogP contribution < -0.4 is 4.74 Å². The third kappa shape index (κ3) is 8.12. The minimum absolute atomic E-state index is 0.294. The van der Waals surface area contributed by atoms with Gasteiger partial charge >= 0.3 is 29.7 Å². The van der Waals surface area contributed by atoms with Gasteiger partial charge in [0, 0.05) is 12.0 Å². The lowest BCUT2D eigenvalue weighted by Crippen LogP contribution is -2.53. The normalized spacial score (nSPS) is 20.0. The van der Waals surface area contributed by atoms with Crippen LogP contribution in [0.2, 0.25) is 0 Å². The van der Waals surface area contributed by atoms with E-state index >= 15 is 0 Å². The first kappa shape index (κ1) is 34.6. The Bertz CT molecular complexity index is 1560. The Hall–Kier alpha value is -5.27. The van der Waals surface area contributed by atoms with E-state index < -0.39 is 66.3 Å². The summed E-state index contributed by atoms with van der Waals surface area (Å²) in [5.74, 6) is -10.6. The van der Waals surface area contributed by atoms with Crippen LogP contribution in [0.15, 0.2) is 84.9 Å². The van der Waals surface area contributed by atoms with Gasteiger partial charge in [-0.1, -0.05) is 60.7 Å². The van der Waals surface area contributed by atoms with E-state index in [1.165, 1.54) is 6.92 Å². The minimum Gasteiger partial charge on any atom is -0.480 e. The molecular formula is C34H35NO12. The van der Waals surface area contributed by atoms with Crippen molar-refractivity contribution in [3.8, 4) is 11.5 Å². The molecule has 3 aromatic rings. The molecule has 1 aliphatic rings. The maximum Gasteiger partial charge on any atom is 0.379 e. The molecule has 0 bridgehead atoms. The summed E-state index contributed by atoms with van der Waals surface area (Å²) in [6.07, 6.45) is -3.48. The van der Waals surface area contributed by atoms with E-state index in [1.54, 1.807) is 43.3 Å². The number of amides is 1. The van der Waals surface area contributed by atoms with Crippen molar-refractivity contribution >= 4 is 29.8 Å². The van der Waals surface area contributed by atoms with Crippen molar-refractivity contribution in [1.82, 2.24) is 4.90 Å². The molecule has 13 heteroatoms. The number of carbonyl (C=O) groups is 5. The van der Waals surface area contributed by atoms with Gasteiger partial charge < -0.3 is 39.2 Å². The molecule has 0 saturated carbocycles. The predicted molar refractivity (Wildman–Crippen MR) is 164 cm³/mol. The molecule has 0 aliphatic carbocycles. The zero-order valence-electron chi connectivity index (χ0n) is 25.7. The molecule has 0 aromatic heterocycles. The van der Waals surface area contributed by atoms with Crippen LogP contribution in [0, 0.1) is 0 Å². The van der Waals surface area contributed by atoms with Gasteiger partial charge in [-0.2, -0.15) is 0 Å². The van der Waals surface area contributed by atoms with Crippen LogP contribution in [0.5, 0.6) is 11.5 Å². The number of carbonyl (C=O) groups excluding carboxylic acids is 2. The SMILES string of the molecule is CCOC(=O)C1(C(=O)O)OC(C(=O)O)C(C(=O)N(CC(=O)O)C(C)C(CCc2ccccc2)c2ccc(Oc3ccccc3)cc2)O1. The maximum atomic E-state index is 14.0. The van der Waals surface area contributed by atoms with E-state index in [9.17, 15) is 39.3 Å². The van der Waals surface area contributed by atoms with Crippen molar-refractivity contribution in [2.24, 2.45) is 0 Å². The highest BCUT2D eigenvalue weighted by atomic mass is 16.8. The molecule has 0 spiro atoms. The van der Waals surface area contributed by atoms with Crippen molar-refractivity contribution < 1.29 is 58.2 Å². The zero-order chi connectivity index (χ0) is 34.1. The summed E-state index contributed by atoms with van der Waals surface area (Å²) in [4.78, 5) is 63.9. The number of rotatable bonds is 15. The molecule has 3 aromatic carbocycles. The van der Waals surface area contributed by atoms with Crippen molar-refractivity contribution in [3.63, 3.8) is 0 Å². The number of hydrogen-bond donors (Lipinski definition) is 3. The van der Waals surface area contributed by atoms with Crippen molar-refractivity contribution in [2.45, 2.75) is 56.6 Å². The van der Waals surface area contributed by atoms with Crippen molar-refractivity contribution in [3.05, 3.63) is 96.1 Å². The van der Waals surface area contributed by atoms with E-state index in [0.29, 0.717) is 24.3 Å². The van der Waals surface area contributed by atoms with Crippen LogP contribution in [-0.4, -0.2) is 87.2 Å². The first-order valence-corrected chi connectivity index (χ1v) is 14.8. The summed E-state index contributed by atoms with van der Waals surface area (Å²) < 4.78 is 21.0. The fourth-order valence-electron chi connectivity index (χ4n) is 5.39. The highest BCUT2D eigenvalue weighted by molar-refractivity contribution is 6.03. The number of carboxylic acids is 3. The lowest BCUT2D eigenvalue weighted by molar-refractivity contribution is -0.224. The molecule has 248 valence electrons. The number of para-hydroxylation sites is 1. The number of hydrogen-bond acceptors (Lipinski definition) is 9. The number of ether oxygens (including phenoxy) is 4. The first-order valence-electron chi connectivity index (χ1n) is 14.8. The molecule has 1 aliphatic heterocycles. The molecule has 47 heavy (non-hydrogen) atoms. The van der Waals surface area contributed by atoms with Crippen LogP contribution >= 0.6 is 0 Å². The van der Waals surface area contributed by atoms with Gasteiger partial charge in [0.15, 0.2) is 12.2 Å². The van der Waals surface area contributed by atoms with Gasteiger partial charge in [0.05, 0.1) is 6.61 Å². The second-order valence-corrected chi connectivity index (χ2v) is 10.8. The molecule has 0 radical (unpaired) electrons. The molecule has 1 amide bonds. The van der Waals surface area contributed by atoms with Crippen LogP contribution in [-0.2, 0) is 44.6 Å². The van der Waals surface area contributed by atoms with Crippen molar-refractivity contribution in [1.29, 1.82) is 0 Å². The van der Waals surface area contributed by atoms with Gasteiger partial charge in [0.1, 0.15) is 18.0 Å². The van der Waals surface area contributed by atoms with E-state index in [1.807, 2.05) is 48.5 Å². The van der Waals surface area contributed by atoms with Gasteiger partial charge in [-0.25, -0.2) is 14.4 Å². The molecule has 5 atom stereocenters. The third-order valence-electron chi connectivity index (χ3n) is 7.71. The Balaban J connectivity index is 1.69. The fraction of sp³-hybridized carbons (Fsp3) is 0.324. The third-order valence-corrected chi connectivity index (χ3v) is 7.71.